The summed E-state index contributed by atoms with van der Waals surface area (Å²) < 4.78 is 31.8. The van der Waals surface area contributed by atoms with Gasteiger partial charge in [-0.05, 0) is 19.9 Å². The molecule has 6 nitrogen and oxygen atoms in total. The van der Waals surface area contributed by atoms with Crippen molar-refractivity contribution in [2.75, 3.05) is 13.2 Å². The van der Waals surface area contributed by atoms with Gasteiger partial charge in [0.15, 0.2) is 0 Å². The molecule has 0 spiro atoms. The highest BCUT2D eigenvalue weighted by atomic mass is 35.5. The number of aromatic amines is 1. The van der Waals surface area contributed by atoms with Crippen molar-refractivity contribution in [1.82, 2.24) is 9.29 Å². The molecule has 0 aromatic carbocycles. The van der Waals surface area contributed by atoms with Crippen LogP contribution in [0.4, 0.5) is 0 Å². The van der Waals surface area contributed by atoms with Crippen LogP contribution < -0.4 is 5.56 Å². The van der Waals surface area contributed by atoms with E-state index < -0.39 is 15.6 Å². The van der Waals surface area contributed by atoms with Crippen LogP contribution in [-0.2, 0) is 14.8 Å². The van der Waals surface area contributed by atoms with Gasteiger partial charge in [0.05, 0.1) is 17.6 Å². The van der Waals surface area contributed by atoms with Crippen LogP contribution in [0.5, 0.6) is 0 Å². The summed E-state index contributed by atoms with van der Waals surface area (Å²) in [4.78, 5) is 13.5. The smallest absolute Gasteiger partial charge is 0.266 e. The lowest BCUT2D eigenvalue weighted by atomic mass is 10.2. The number of nitrogens with one attached hydrogen (secondary N) is 1. The summed E-state index contributed by atoms with van der Waals surface area (Å²) in [5.41, 5.74) is -0.510. The van der Waals surface area contributed by atoms with Crippen LogP contribution in [0.2, 0.25) is 5.02 Å². The predicted molar refractivity (Wildman–Crippen MR) is 70.8 cm³/mol. The monoisotopic (exact) mass is 306 g/mol. The Morgan fingerprint density at radius 2 is 2.16 bits per heavy atom. The minimum atomic E-state index is -3.68. The molecule has 2 atom stereocenters. The molecule has 2 heterocycles. The van der Waals surface area contributed by atoms with Crippen LogP contribution in [0.3, 0.4) is 0 Å². The SMILES string of the molecule is CC1CN(S(=O)(=O)c2c[nH]c(=O)c(Cl)c2)C(C)CO1. The Kier molecular flexibility index (Phi) is 4.00. The molecule has 19 heavy (non-hydrogen) atoms. The highest BCUT2D eigenvalue weighted by Crippen LogP contribution is 2.22. The predicted octanol–water partition coefficient (Wildman–Crippen LogP) is 0.826. The second-order valence-electron chi connectivity index (χ2n) is 4.58. The van der Waals surface area contributed by atoms with Crippen molar-refractivity contribution >= 4 is 21.6 Å². The number of rotatable bonds is 2. The second-order valence-corrected chi connectivity index (χ2v) is 6.88. The van der Waals surface area contributed by atoms with Gasteiger partial charge in [-0.2, -0.15) is 4.31 Å². The quantitative estimate of drug-likeness (QED) is 0.877. The number of nitrogens with zero attached hydrogens (tertiary/aromatic N) is 1. The fourth-order valence-electron chi connectivity index (χ4n) is 1.93. The normalized spacial score (nSPS) is 25.4. The fraction of sp³-hybridized carbons (Fsp3) is 0.545. The van der Waals surface area contributed by atoms with Crippen molar-refractivity contribution in [1.29, 1.82) is 0 Å². The summed E-state index contributed by atoms with van der Waals surface area (Å²) >= 11 is 5.67. The summed E-state index contributed by atoms with van der Waals surface area (Å²) in [5.74, 6) is 0. The van der Waals surface area contributed by atoms with Gasteiger partial charge in [-0.25, -0.2) is 8.42 Å². The zero-order chi connectivity index (χ0) is 14.2. The number of morpholine rings is 1. The van der Waals surface area contributed by atoms with Crippen LogP contribution >= 0.6 is 11.6 Å². The fourth-order valence-corrected chi connectivity index (χ4v) is 3.85. The molecule has 8 heteroatoms. The van der Waals surface area contributed by atoms with Gasteiger partial charge in [-0.15, -0.1) is 0 Å². The van der Waals surface area contributed by atoms with E-state index >= 15 is 0 Å². The van der Waals surface area contributed by atoms with Crippen molar-refractivity contribution in [3.8, 4) is 0 Å². The molecule has 0 bridgehead atoms. The van der Waals surface area contributed by atoms with Gasteiger partial charge < -0.3 is 9.72 Å². The lowest BCUT2D eigenvalue weighted by Gasteiger charge is -2.35. The standard InChI is InChI=1S/C11H15ClN2O4S/c1-7-6-18-8(2)5-14(7)19(16,17)9-3-10(12)11(15)13-4-9/h3-4,7-8H,5-6H2,1-2H3,(H,13,15). The first-order valence-corrected chi connectivity index (χ1v) is 7.66. The van der Waals surface area contributed by atoms with Crippen LogP contribution in [-0.4, -0.2) is 43.0 Å². The van der Waals surface area contributed by atoms with E-state index in [1.54, 1.807) is 6.92 Å². The highest BCUT2D eigenvalue weighted by Gasteiger charge is 2.34. The van der Waals surface area contributed by atoms with Gasteiger partial charge in [-0.3, -0.25) is 4.79 Å². The number of sulfonamides is 1. The van der Waals surface area contributed by atoms with Gasteiger partial charge in [0.25, 0.3) is 5.56 Å². The van der Waals surface area contributed by atoms with E-state index in [0.29, 0.717) is 6.61 Å². The molecule has 1 aliphatic rings. The molecule has 0 saturated carbocycles. The third-order valence-electron chi connectivity index (χ3n) is 2.99. The second kappa shape index (κ2) is 5.24. The Balaban J connectivity index is 2.40. The Morgan fingerprint density at radius 1 is 1.47 bits per heavy atom. The van der Waals surface area contributed by atoms with E-state index in [2.05, 4.69) is 4.98 Å². The molecule has 0 radical (unpaired) electrons. The van der Waals surface area contributed by atoms with Crippen molar-refractivity contribution in [2.24, 2.45) is 0 Å². The van der Waals surface area contributed by atoms with E-state index in [9.17, 15) is 13.2 Å². The highest BCUT2D eigenvalue weighted by molar-refractivity contribution is 7.89. The number of pyridine rings is 1. The van der Waals surface area contributed by atoms with E-state index in [0.717, 1.165) is 6.20 Å². The molecule has 1 saturated heterocycles. The van der Waals surface area contributed by atoms with Gasteiger partial charge in [0.2, 0.25) is 10.0 Å². The van der Waals surface area contributed by atoms with Gasteiger partial charge in [0.1, 0.15) is 5.02 Å². The van der Waals surface area contributed by atoms with Crippen LogP contribution in [0, 0.1) is 0 Å². The molecule has 0 aliphatic carbocycles. The molecule has 2 unspecified atom stereocenters. The van der Waals surface area contributed by atoms with Crippen molar-refractivity contribution in [3.63, 3.8) is 0 Å². The van der Waals surface area contributed by atoms with Gasteiger partial charge >= 0.3 is 0 Å². The van der Waals surface area contributed by atoms with Crippen molar-refractivity contribution in [3.05, 3.63) is 27.6 Å². The number of hydrogen-bond acceptors (Lipinski definition) is 4. The third kappa shape index (κ3) is 2.84. The summed E-state index contributed by atoms with van der Waals surface area (Å²) in [6.07, 6.45) is 1.00. The molecule has 1 aromatic heterocycles. The maximum absolute atomic E-state index is 12.5. The number of H-pyrrole nitrogens is 1. The largest absolute Gasteiger partial charge is 0.375 e. The number of hydrogen-bond donors (Lipinski definition) is 1. The Bertz CT molecular complexity index is 628. The zero-order valence-electron chi connectivity index (χ0n) is 10.6. The summed E-state index contributed by atoms with van der Waals surface area (Å²) in [6.45, 7) is 4.21. The van der Waals surface area contributed by atoms with E-state index in [4.69, 9.17) is 16.3 Å². The molecule has 1 aliphatic heterocycles. The van der Waals surface area contributed by atoms with E-state index in [-0.39, 0.29) is 28.6 Å². The minimum Gasteiger partial charge on any atom is -0.375 e. The Labute approximate surface area is 116 Å². The molecule has 2 rings (SSSR count). The maximum atomic E-state index is 12.5. The van der Waals surface area contributed by atoms with Crippen LogP contribution in [0.15, 0.2) is 22.0 Å². The Hall–Kier alpha value is -0.890. The molecule has 1 N–H and O–H groups in total. The van der Waals surface area contributed by atoms with E-state index in [1.165, 1.54) is 10.4 Å². The molecular weight excluding hydrogens is 292 g/mol. The van der Waals surface area contributed by atoms with Gasteiger partial charge in [-0.1, -0.05) is 11.6 Å². The first kappa shape index (κ1) is 14.5. The number of halogens is 1. The van der Waals surface area contributed by atoms with E-state index in [1.807, 2.05) is 6.92 Å². The summed E-state index contributed by atoms with van der Waals surface area (Å²) in [5, 5.41) is -0.143. The first-order chi connectivity index (χ1) is 8.82. The lowest BCUT2D eigenvalue weighted by molar-refractivity contribution is -0.0170. The third-order valence-corrected chi connectivity index (χ3v) is 5.23. The molecule has 1 aromatic rings. The topological polar surface area (TPSA) is 79.5 Å². The van der Waals surface area contributed by atoms with Crippen molar-refractivity contribution in [2.45, 2.75) is 30.9 Å². The number of aromatic nitrogens is 1. The van der Waals surface area contributed by atoms with Gasteiger partial charge in [0, 0.05) is 18.8 Å². The molecular formula is C11H15ClN2O4S. The molecule has 0 amide bonds. The first-order valence-electron chi connectivity index (χ1n) is 5.84. The maximum Gasteiger partial charge on any atom is 0.266 e. The summed E-state index contributed by atoms with van der Waals surface area (Å²) in [7, 11) is -3.68. The van der Waals surface area contributed by atoms with Crippen molar-refractivity contribution < 1.29 is 13.2 Å². The average molecular weight is 307 g/mol. The molecule has 1 fully saturated rings. The Morgan fingerprint density at radius 3 is 2.79 bits per heavy atom. The zero-order valence-corrected chi connectivity index (χ0v) is 12.2. The molecule has 106 valence electrons. The number of ether oxygens (including phenoxy) is 1. The van der Waals surface area contributed by atoms with Crippen LogP contribution in [0.25, 0.3) is 0 Å². The summed E-state index contributed by atoms with van der Waals surface area (Å²) in [6, 6.07) is 0.912. The lowest BCUT2D eigenvalue weighted by Crippen LogP contribution is -2.50. The average Bonchev–Trinajstić information content (AvgIpc) is 2.35. The minimum absolute atomic E-state index is 0.0157. The van der Waals surface area contributed by atoms with Crippen LogP contribution in [0.1, 0.15) is 13.8 Å².